The molecule has 5 nitrogen and oxygen atoms in total. The lowest BCUT2D eigenvalue weighted by Gasteiger charge is -2.20. The summed E-state index contributed by atoms with van der Waals surface area (Å²) in [5.74, 6) is -2.48. The predicted octanol–water partition coefficient (Wildman–Crippen LogP) is 2.46. The van der Waals surface area contributed by atoms with Crippen LogP contribution in [-0.2, 0) is 11.3 Å². The maximum Gasteiger partial charge on any atom is 0.393 e. The Morgan fingerprint density at radius 2 is 2.09 bits per heavy atom. The molecule has 0 bridgehead atoms. The van der Waals surface area contributed by atoms with E-state index in [9.17, 15) is 18.0 Å². The minimum atomic E-state index is -4.37. The first kappa shape index (κ1) is 16.3. The molecule has 3 rings (SSSR count). The molecule has 128 valence electrons. The number of aryl methyl sites for hydroxylation is 1. The highest BCUT2D eigenvalue weighted by Crippen LogP contribution is 2.41. The van der Waals surface area contributed by atoms with Crippen LogP contribution in [0.25, 0.3) is 0 Å². The van der Waals surface area contributed by atoms with Crippen molar-refractivity contribution >= 4 is 11.7 Å². The highest BCUT2D eigenvalue weighted by molar-refractivity contribution is 5.92. The molecule has 1 aromatic rings. The van der Waals surface area contributed by atoms with Crippen LogP contribution in [0, 0.1) is 11.8 Å². The zero-order valence-electron chi connectivity index (χ0n) is 13.2. The number of alkyl halides is 3. The lowest BCUT2D eigenvalue weighted by atomic mass is 9.94. The van der Waals surface area contributed by atoms with Gasteiger partial charge in [0, 0.05) is 37.3 Å². The Balaban J connectivity index is 1.73. The second-order valence-electron chi connectivity index (χ2n) is 6.51. The minimum Gasteiger partial charge on any atom is -0.309 e. The molecule has 1 amide bonds. The predicted molar refractivity (Wildman–Crippen MR) is 79.0 cm³/mol. The molecule has 1 saturated carbocycles. The van der Waals surface area contributed by atoms with E-state index in [1.807, 2.05) is 11.6 Å². The van der Waals surface area contributed by atoms with Crippen LogP contribution >= 0.6 is 0 Å². The molecule has 1 saturated heterocycles. The zero-order valence-corrected chi connectivity index (χ0v) is 13.2. The number of nitrogens with one attached hydrogen (secondary N) is 1. The first-order valence-electron chi connectivity index (χ1n) is 7.93. The zero-order chi connectivity index (χ0) is 16.8. The van der Waals surface area contributed by atoms with Gasteiger partial charge < -0.3 is 10.2 Å². The number of anilines is 1. The van der Waals surface area contributed by atoms with E-state index in [0.29, 0.717) is 18.3 Å². The van der Waals surface area contributed by atoms with Crippen molar-refractivity contribution in [3.63, 3.8) is 0 Å². The van der Waals surface area contributed by atoms with Gasteiger partial charge in [0.25, 0.3) is 0 Å². The van der Waals surface area contributed by atoms with Crippen LogP contribution in [0.5, 0.6) is 0 Å². The number of carbonyl (C=O) groups excluding carboxylic acids is 1. The van der Waals surface area contributed by atoms with Crippen molar-refractivity contribution in [2.45, 2.75) is 38.4 Å². The topological polar surface area (TPSA) is 50.2 Å². The molecule has 2 fully saturated rings. The van der Waals surface area contributed by atoms with Crippen LogP contribution in [0.3, 0.4) is 0 Å². The number of likely N-dealkylation sites (tertiary alicyclic amines) is 1. The number of hydrogen-bond acceptors (Lipinski definition) is 3. The monoisotopic (exact) mass is 330 g/mol. The van der Waals surface area contributed by atoms with Gasteiger partial charge in [-0.3, -0.25) is 9.48 Å². The second-order valence-corrected chi connectivity index (χ2v) is 6.51. The van der Waals surface area contributed by atoms with Gasteiger partial charge in [-0.2, -0.15) is 18.3 Å². The average molecular weight is 330 g/mol. The quantitative estimate of drug-likeness (QED) is 0.923. The Labute approximate surface area is 132 Å². The van der Waals surface area contributed by atoms with Crippen molar-refractivity contribution in [2.75, 3.05) is 25.5 Å². The third kappa shape index (κ3) is 3.36. The molecule has 1 aliphatic carbocycles. The molecular formula is C15H21F3N4O. The van der Waals surface area contributed by atoms with Gasteiger partial charge in [-0.25, -0.2) is 0 Å². The molecule has 1 aromatic heterocycles. The molecular weight excluding hydrogens is 309 g/mol. The Bertz CT molecular complexity index is 594. The first-order chi connectivity index (χ1) is 10.8. The minimum absolute atomic E-state index is 0.111. The summed E-state index contributed by atoms with van der Waals surface area (Å²) in [6.07, 6.45) is -2.17. The molecule has 0 radical (unpaired) electrons. The third-order valence-electron chi connectivity index (χ3n) is 4.62. The van der Waals surface area contributed by atoms with Crippen molar-refractivity contribution in [1.82, 2.24) is 14.7 Å². The average Bonchev–Trinajstić information content (AvgIpc) is 3.10. The summed E-state index contributed by atoms with van der Waals surface area (Å²) in [5.41, 5.74) is 1.05. The van der Waals surface area contributed by atoms with Gasteiger partial charge in [0.2, 0.25) is 5.91 Å². The van der Waals surface area contributed by atoms with E-state index < -0.39 is 23.9 Å². The molecule has 2 heterocycles. The molecule has 1 aliphatic heterocycles. The molecule has 23 heavy (non-hydrogen) atoms. The summed E-state index contributed by atoms with van der Waals surface area (Å²) in [4.78, 5) is 13.9. The van der Waals surface area contributed by atoms with Crippen molar-refractivity contribution < 1.29 is 18.0 Å². The number of carbonyl (C=O) groups is 1. The smallest absolute Gasteiger partial charge is 0.309 e. The molecule has 1 N–H and O–H groups in total. The molecule has 8 heteroatoms. The van der Waals surface area contributed by atoms with Crippen LogP contribution in [-0.4, -0.2) is 46.9 Å². The summed E-state index contributed by atoms with van der Waals surface area (Å²) < 4.78 is 41.1. The molecule has 2 aliphatic rings. The van der Waals surface area contributed by atoms with Crippen molar-refractivity contribution in [3.05, 3.63) is 11.8 Å². The molecule has 0 unspecified atom stereocenters. The number of halogens is 3. The summed E-state index contributed by atoms with van der Waals surface area (Å²) >= 11 is 0. The van der Waals surface area contributed by atoms with Gasteiger partial charge in [-0.15, -0.1) is 0 Å². The Kier molecular flexibility index (Phi) is 4.12. The van der Waals surface area contributed by atoms with E-state index in [1.54, 1.807) is 18.0 Å². The van der Waals surface area contributed by atoms with E-state index in [-0.39, 0.29) is 13.1 Å². The Morgan fingerprint density at radius 1 is 1.39 bits per heavy atom. The summed E-state index contributed by atoms with van der Waals surface area (Å²) in [5, 5.41) is 6.88. The van der Waals surface area contributed by atoms with Gasteiger partial charge >= 0.3 is 6.18 Å². The summed E-state index contributed by atoms with van der Waals surface area (Å²) in [6.45, 7) is 2.60. The van der Waals surface area contributed by atoms with Crippen LogP contribution in [0.4, 0.5) is 19.0 Å². The molecule has 2 atom stereocenters. The van der Waals surface area contributed by atoms with Gasteiger partial charge in [0.15, 0.2) is 5.82 Å². The van der Waals surface area contributed by atoms with Crippen LogP contribution in [0.2, 0.25) is 0 Å². The van der Waals surface area contributed by atoms with Crippen LogP contribution in [0.15, 0.2) is 6.07 Å². The van der Waals surface area contributed by atoms with Crippen molar-refractivity contribution in [3.8, 4) is 0 Å². The standard InChI is InChI=1S/C15H21F3N4O/c1-3-22-12(9-4-5-9)6-13(20-22)19-14(23)10-7-21(2)8-11(10)15(16,17)18/h6,9-11H,3-5,7-8H2,1-2H3,(H,19,20,23)/t10-,11-/m1/s1. The van der Waals surface area contributed by atoms with E-state index >= 15 is 0 Å². The summed E-state index contributed by atoms with van der Waals surface area (Å²) in [6, 6.07) is 1.79. The number of amides is 1. The van der Waals surface area contributed by atoms with E-state index in [1.165, 1.54) is 0 Å². The molecule has 0 spiro atoms. The van der Waals surface area contributed by atoms with E-state index in [4.69, 9.17) is 0 Å². The van der Waals surface area contributed by atoms with Gasteiger partial charge in [0.05, 0.1) is 11.8 Å². The van der Waals surface area contributed by atoms with E-state index in [2.05, 4.69) is 10.4 Å². The fraction of sp³-hybridized carbons (Fsp3) is 0.733. The van der Waals surface area contributed by atoms with Crippen molar-refractivity contribution in [1.29, 1.82) is 0 Å². The first-order valence-corrected chi connectivity index (χ1v) is 7.93. The van der Waals surface area contributed by atoms with Gasteiger partial charge in [0.1, 0.15) is 0 Å². The normalized spacial score (nSPS) is 25.8. The third-order valence-corrected chi connectivity index (χ3v) is 4.62. The van der Waals surface area contributed by atoms with E-state index in [0.717, 1.165) is 18.5 Å². The Morgan fingerprint density at radius 3 is 2.65 bits per heavy atom. The number of aromatic nitrogens is 2. The van der Waals surface area contributed by atoms with Crippen LogP contribution < -0.4 is 5.32 Å². The SMILES string of the molecule is CCn1nc(NC(=O)[C@@H]2CN(C)C[C@H]2C(F)(F)F)cc1C1CC1. The fourth-order valence-electron chi connectivity index (χ4n) is 3.27. The highest BCUT2D eigenvalue weighted by Gasteiger charge is 2.51. The maximum absolute atomic E-state index is 13.1. The lowest BCUT2D eigenvalue weighted by molar-refractivity contribution is -0.182. The number of rotatable bonds is 4. The van der Waals surface area contributed by atoms with Crippen LogP contribution in [0.1, 0.15) is 31.4 Å². The molecule has 0 aromatic carbocycles. The highest BCUT2D eigenvalue weighted by atomic mass is 19.4. The Hall–Kier alpha value is -1.57. The van der Waals surface area contributed by atoms with Gasteiger partial charge in [-0.05, 0) is 26.8 Å². The number of nitrogens with zero attached hydrogens (tertiary/aromatic N) is 3. The van der Waals surface area contributed by atoms with Gasteiger partial charge in [-0.1, -0.05) is 0 Å². The maximum atomic E-state index is 13.1. The number of hydrogen-bond donors (Lipinski definition) is 1. The van der Waals surface area contributed by atoms with Crippen molar-refractivity contribution in [2.24, 2.45) is 11.8 Å². The lowest BCUT2D eigenvalue weighted by Crippen LogP contribution is -2.36. The summed E-state index contributed by atoms with van der Waals surface area (Å²) in [7, 11) is 1.60. The largest absolute Gasteiger partial charge is 0.393 e. The fourth-order valence-corrected chi connectivity index (χ4v) is 3.27. The second kappa shape index (κ2) is 5.81.